The van der Waals surface area contributed by atoms with Gasteiger partial charge in [0.2, 0.25) is 0 Å². The molecule has 14 heteroatoms. The van der Waals surface area contributed by atoms with E-state index in [9.17, 15) is 26.7 Å². The number of aromatic nitrogens is 5. The molecule has 1 N–H and O–H groups in total. The molecule has 0 radical (unpaired) electrons. The summed E-state index contributed by atoms with van der Waals surface area (Å²) in [5.41, 5.74) is 2.43. The number of hydrogen-bond acceptors (Lipinski definition) is 7. The molecule has 3 aromatic heterocycles. The number of pyridine rings is 1. The lowest BCUT2D eigenvalue weighted by Gasteiger charge is -2.23. The number of rotatable bonds is 6. The Bertz CT molecular complexity index is 1820. The Morgan fingerprint density at radius 1 is 1.02 bits per heavy atom. The van der Waals surface area contributed by atoms with E-state index in [1.54, 1.807) is 6.07 Å². The van der Waals surface area contributed by atoms with Crippen molar-refractivity contribution in [2.75, 3.05) is 25.5 Å². The van der Waals surface area contributed by atoms with Crippen molar-refractivity contribution in [1.82, 2.24) is 29.0 Å². The standard InChI is InChI=1S/C27H22F5N7O2/c1-37-8-9-38-21-10-15(2-7-19(21)35-23(38)13-37)18-11-20-24(36-22(12-33-20)34-14-27(30,31)32)39(25(18)40)16-3-5-17(6-4-16)41-26(28)29/h2-7,10-12,26H,8-9,13-14H2,1H3,(H,34,36). The van der Waals surface area contributed by atoms with Gasteiger partial charge in [0.15, 0.2) is 5.65 Å². The van der Waals surface area contributed by atoms with Crippen molar-refractivity contribution in [1.29, 1.82) is 0 Å². The van der Waals surface area contributed by atoms with E-state index in [-0.39, 0.29) is 34.0 Å². The summed E-state index contributed by atoms with van der Waals surface area (Å²) in [6, 6.07) is 12.3. The highest BCUT2D eigenvalue weighted by Crippen LogP contribution is 2.28. The number of hydrogen-bond donors (Lipinski definition) is 1. The van der Waals surface area contributed by atoms with Crippen LogP contribution in [0.1, 0.15) is 5.82 Å². The third kappa shape index (κ3) is 5.29. The van der Waals surface area contributed by atoms with E-state index in [4.69, 9.17) is 4.98 Å². The number of ether oxygens (including phenoxy) is 1. The van der Waals surface area contributed by atoms with Crippen molar-refractivity contribution in [2.24, 2.45) is 0 Å². The number of fused-ring (bicyclic) bond motifs is 4. The monoisotopic (exact) mass is 571 g/mol. The molecule has 0 spiro atoms. The van der Waals surface area contributed by atoms with Crippen molar-refractivity contribution >= 4 is 28.0 Å². The van der Waals surface area contributed by atoms with Gasteiger partial charge in [0.05, 0.1) is 29.5 Å². The van der Waals surface area contributed by atoms with Crippen LogP contribution in [-0.4, -0.2) is 61.9 Å². The molecule has 0 saturated heterocycles. The first kappa shape index (κ1) is 26.6. The fourth-order valence-corrected chi connectivity index (χ4v) is 4.87. The zero-order valence-corrected chi connectivity index (χ0v) is 21.5. The second-order valence-electron chi connectivity index (χ2n) is 9.62. The van der Waals surface area contributed by atoms with Crippen LogP contribution < -0.4 is 15.6 Å². The zero-order chi connectivity index (χ0) is 28.9. The lowest BCUT2D eigenvalue weighted by Crippen LogP contribution is -2.30. The quantitative estimate of drug-likeness (QED) is 0.293. The first-order valence-corrected chi connectivity index (χ1v) is 12.5. The van der Waals surface area contributed by atoms with Crippen molar-refractivity contribution in [3.63, 3.8) is 0 Å². The number of likely N-dealkylation sites (N-methyl/N-ethyl adjacent to an activating group) is 1. The molecule has 0 bridgehead atoms. The third-order valence-electron chi connectivity index (χ3n) is 6.75. The highest BCUT2D eigenvalue weighted by Gasteiger charge is 2.27. The Hall–Kier alpha value is -4.59. The second kappa shape index (κ2) is 10.1. The molecule has 9 nitrogen and oxygen atoms in total. The van der Waals surface area contributed by atoms with Gasteiger partial charge in [0.25, 0.3) is 5.56 Å². The molecule has 41 heavy (non-hydrogen) atoms. The Morgan fingerprint density at radius 3 is 2.54 bits per heavy atom. The summed E-state index contributed by atoms with van der Waals surface area (Å²) in [6.45, 7) is -2.11. The molecule has 0 saturated carbocycles. The molecule has 2 aromatic carbocycles. The Balaban J connectivity index is 1.51. The van der Waals surface area contributed by atoms with Gasteiger partial charge < -0.3 is 14.6 Å². The number of anilines is 1. The molecule has 212 valence electrons. The predicted octanol–water partition coefficient (Wildman–Crippen LogP) is 4.82. The smallest absolute Gasteiger partial charge is 0.405 e. The molecule has 1 aliphatic rings. The van der Waals surface area contributed by atoms with Crippen LogP contribution >= 0.6 is 0 Å². The number of benzene rings is 2. The zero-order valence-electron chi connectivity index (χ0n) is 21.5. The van der Waals surface area contributed by atoms with E-state index >= 15 is 0 Å². The number of nitrogens with one attached hydrogen (secondary N) is 1. The summed E-state index contributed by atoms with van der Waals surface area (Å²) in [6.07, 6.45) is -3.35. The van der Waals surface area contributed by atoms with E-state index in [0.717, 1.165) is 36.1 Å². The van der Waals surface area contributed by atoms with Crippen LogP contribution in [-0.2, 0) is 13.1 Å². The number of alkyl halides is 5. The number of halogens is 5. The summed E-state index contributed by atoms with van der Waals surface area (Å²) < 4.78 is 71.5. The SMILES string of the molecule is CN1CCn2c(nc3ccc(-c4cc5ncc(NCC(F)(F)F)nc5n(-c5ccc(OC(F)F)cc5)c4=O)cc32)C1. The molecule has 0 atom stereocenters. The normalized spacial score (nSPS) is 14.1. The second-order valence-corrected chi connectivity index (χ2v) is 9.62. The number of imidazole rings is 1. The number of nitrogens with zero attached hydrogens (tertiary/aromatic N) is 6. The summed E-state index contributed by atoms with van der Waals surface area (Å²) >= 11 is 0. The fraction of sp³-hybridized carbons (Fsp3) is 0.259. The Kier molecular flexibility index (Phi) is 6.56. The molecule has 4 heterocycles. The molecular weight excluding hydrogens is 549 g/mol. The van der Waals surface area contributed by atoms with Gasteiger partial charge in [-0.15, -0.1) is 0 Å². The van der Waals surface area contributed by atoms with Gasteiger partial charge in [-0.25, -0.2) is 15.0 Å². The fourth-order valence-electron chi connectivity index (χ4n) is 4.87. The van der Waals surface area contributed by atoms with Crippen molar-refractivity contribution in [2.45, 2.75) is 25.9 Å². The summed E-state index contributed by atoms with van der Waals surface area (Å²) in [4.78, 5) is 29.4. The summed E-state index contributed by atoms with van der Waals surface area (Å²) in [5.74, 6) is 0.598. The van der Waals surface area contributed by atoms with Crippen LogP contribution in [0.25, 0.3) is 39.0 Å². The van der Waals surface area contributed by atoms with E-state index in [1.165, 1.54) is 34.9 Å². The molecular formula is C27H22F5N7O2. The Morgan fingerprint density at radius 2 is 1.80 bits per heavy atom. The highest BCUT2D eigenvalue weighted by molar-refractivity contribution is 5.86. The van der Waals surface area contributed by atoms with Gasteiger partial charge in [-0.05, 0) is 55.1 Å². The third-order valence-corrected chi connectivity index (χ3v) is 6.75. The van der Waals surface area contributed by atoms with Crippen LogP contribution in [0, 0.1) is 0 Å². The average Bonchev–Trinajstić information content (AvgIpc) is 3.28. The molecule has 0 aliphatic carbocycles. The average molecular weight is 572 g/mol. The summed E-state index contributed by atoms with van der Waals surface area (Å²) in [7, 11) is 2.02. The molecule has 1 aliphatic heterocycles. The van der Waals surface area contributed by atoms with Crippen LogP contribution in [0.4, 0.5) is 27.8 Å². The first-order valence-electron chi connectivity index (χ1n) is 12.5. The maximum absolute atomic E-state index is 14.0. The van der Waals surface area contributed by atoms with Crippen molar-refractivity contribution < 1.29 is 26.7 Å². The largest absolute Gasteiger partial charge is 0.435 e. The van der Waals surface area contributed by atoms with Gasteiger partial charge in [0.1, 0.15) is 29.5 Å². The van der Waals surface area contributed by atoms with Crippen LogP contribution in [0.3, 0.4) is 0 Å². The molecule has 0 amide bonds. The van der Waals surface area contributed by atoms with Gasteiger partial charge in [-0.2, -0.15) is 22.0 Å². The molecule has 0 unspecified atom stereocenters. The highest BCUT2D eigenvalue weighted by atomic mass is 19.4. The van der Waals surface area contributed by atoms with Crippen LogP contribution in [0.2, 0.25) is 0 Å². The van der Waals surface area contributed by atoms with Gasteiger partial charge >= 0.3 is 12.8 Å². The predicted molar refractivity (Wildman–Crippen MR) is 141 cm³/mol. The summed E-state index contributed by atoms with van der Waals surface area (Å²) in [5, 5.41) is 2.17. The minimum Gasteiger partial charge on any atom is -0.435 e. The van der Waals surface area contributed by atoms with E-state index < -0.39 is 24.9 Å². The van der Waals surface area contributed by atoms with E-state index in [2.05, 4.69) is 29.5 Å². The van der Waals surface area contributed by atoms with E-state index in [1.807, 2.05) is 19.2 Å². The Labute approximate surface area is 228 Å². The van der Waals surface area contributed by atoms with Gasteiger partial charge in [-0.1, -0.05) is 6.07 Å². The lowest BCUT2D eigenvalue weighted by molar-refractivity contribution is -0.115. The lowest BCUT2D eigenvalue weighted by atomic mass is 10.1. The van der Waals surface area contributed by atoms with E-state index in [0.29, 0.717) is 12.1 Å². The van der Waals surface area contributed by atoms with Crippen LogP contribution in [0.5, 0.6) is 5.75 Å². The molecule has 0 fully saturated rings. The van der Waals surface area contributed by atoms with Gasteiger partial charge in [0, 0.05) is 18.7 Å². The minimum absolute atomic E-state index is 0.0145. The van der Waals surface area contributed by atoms with Gasteiger partial charge in [-0.3, -0.25) is 14.3 Å². The first-order chi connectivity index (χ1) is 19.6. The minimum atomic E-state index is -4.50. The van der Waals surface area contributed by atoms with Crippen LogP contribution in [0.15, 0.2) is 59.5 Å². The topological polar surface area (TPSA) is 90.1 Å². The van der Waals surface area contributed by atoms with Crippen molar-refractivity contribution in [3.05, 3.63) is 70.9 Å². The van der Waals surface area contributed by atoms with Crippen molar-refractivity contribution in [3.8, 4) is 22.6 Å². The molecule has 6 rings (SSSR count). The molecule has 5 aromatic rings. The maximum atomic E-state index is 14.0. The maximum Gasteiger partial charge on any atom is 0.405 e.